The molecule has 2 aliphatic heterocycles. The number of hydrogen-bond acceptors (Lipinski definition) is 4. The van der Waals surface area contributed by atoms with Gasteiger partial charge in [0, 0.05) is 55.2 Å². The van der Waals surface area contributed by atoms with Crippen molar-refractivity contribution in [2.45, 2.75) is 32.7 Å². The Morgan fingerprint density at radius 1 is 1.32 bits per heavy atom. The number of carbonyl (C=O) groups excluding carboxylic acids is 1. The molecule has 0 radical (unpaired) electrons. The summed E-state index contributed by atoms with van der Waals surface area (Å²) >= 11 is 0. The van der Waals surface area contributed by atoms with Crippen LogP contribution in [0.25, 0.3) is 0 Å². The number of hydrogen-bond donors (Lipinski definition) is 3. The molecule has 0 spiro atoms. The van der Waals surface area contributed by atoms with Crippen molar-refractivity contribution in [2.24, 2.45) is 5.92 Å². The Kier molecular flexibility index (Phi) is 4.44. The van der Waals surface area contributed by atoms with Crippen molar-refractivity contribution < 1.29 is 4.79 Å². The monoisotopic (exact) mass is 339 g/mol. The molecular weight excluding hydrogens is 314 g/mol. The third-order valence-corrected chi connectivity index (χ3v) is 5.27. The molecule has 1 aromatic carbocycles. The number of H-pyrrole nitrogens is 1. The van der Waals surface area contributed by atoms with Crippen LogP contribution in [0, 0.1) is 5.92 Å². The Morgan fingerprint density at radius 3 is 3.00 bits per heavy atom. The van der Waals surface area contributed by atoms with Gasteiger partial charge in [0.15, 0.2) is 5.69 Å². The number of benzene rings is 1. The summed E-state index contributed by atoms with van der Waals surface area (Å²) < 4.78 is 0. The first-order chi connectivity index (χ1) is 12.2. The molecule has 6 nitrogen and oxygen atoms in total. The normalized spacial score (nSPS) is 18.0. The Hall–Kier alpha value is -2.34. The summed E-state index contributed by atoms with van der Waals surface area (Å²) in [6.45, 7) is 6.09. The van der Waals surface area contributed by atoms with E-state index in [1.807, 2.05) is 12.1 Å². The summed E-state index contributed by atoms with van der Waals surface area (Å²) in [5.74, 6) is 0.657. The van der Waals surface area contributed by atoms with Crippen LogP contribution in [0.5, 0.6) is 0 Å². The fourth-order valence-corrected chi connectivity index (χ4v) is 3.65. The van der Waals surface area contributed by atoms with E-state index in [4.69, 9.17) is 0 Å². The first-order valence-corrected chi connectivity index (χ1v) is 9.14. The van der Waals surface area contributed by atoms with Gasteiger partial charge in [-0.3, -0.25) is 9.89 Å². The Labute approximate surface area is 148 Å². The van der Waals surface area contributed by atoms with E-state index in [2.05, 4.69) is 44.8 Å². The minimum Gasteiger partial charge on any atom is -0.371 e. The number of aromatic amines is 1. The molecule has 2 aromatic rings. The second-order valence-corrected chi connectivity index (χ2v) is 7.13. The van der Waals surface area contributed by atoms with Crippen LogP contribution in [-0.2, 0) is 13.0 Å². The highest BCUT2D eigenvalue weighted by Crippen LogP contribution is 2.25. The fraction of sp³-hybridized carbons (Fsp3) is 0.474. The van der Waals surface area contributed by atoms with Crippen molar-refractivity contribution in [2.75, 3.05) is 29.9 Å². The number of nitrogens with zero attached hydrogens (tertiary/aromatic N) is 2. The molecule has 3 N–H and O–H groups in total. The van der Waals surface area contributed by atoms with Crippen molar-refractivity contribution in [3.8, 4) is 0 Å². The number of amides is 1. The Morgan fingerprint density at radius 2 is 2.16 bits per heavy atom. The topological polar surface area (TPSA) is 73.0 Å². The molecule has 25 heavy (non-hydrogen) atoms. The molecule has 0 saturated carbocycles. The van der Waals surface area contributed by atoms with Crippen LogP contribution in [0.2, 0.25) is 0 Å². The molecule has 1 fully saturated rings. The van der Waals surface area contributed by atoms with Gasteiger partial charge in [-0.2, -0.15) is 5.10 Å². The van der Waals surface area contributed by atoms with Crippen LogP contribution >= 0.6 is 0 Å². The van der Waals surface area contributed by atoms with Gasteiger partial charge in [-0.05, 0) is 37.0 Å². The SMILES string of the molecule is CC1CCN(c2cccc(NC(=O)c3n[nH]c4c3CNCC4)c2)CC1. The standard InChI is InChI=1S/C19H25N5O/c1-13-6-9-24(10-7-13)15-4-2-3-14(11-15)21-19(25)18-16-12-20-8-5-17(16)22-23-18/h2-4,11,13,20H,5-10,12H2,1H3,(H,21,25)(H,22,23). The molecule has 132 valence electrons. The van der Waals surface area contributed by atoms with Crippen LogP contribution in [0.15, 0.2) is 24.3 Å². The van der Waals surface area contributed by atoms with Crippen LogP contribution in [0.4, 0.5) is 11.4 Å². The number of nitrogens with one attached hydrogen (secondary N) is 3. The summed E-state index contributed by atoms with van der Waals surface area (Å²) in [5, 5.41) is 13.5. The lowest BCUT2D eigenvalue weighted by molar-refractivity contribution is 0.102. The maximum atomic E-state index is 12.6. The van der Waals surface area contributed by atoms with Gasteiger partial charge < -0.3 is 15.5 Å². The zero-order valence-corrected chi connectivity index (χ0v) is 14.6. The third kappa shape index (κ3) is 3.39. The summed E-state index contributed by atoms with van der Waals surface area (Å²) in [6.07, 6.45) is 3.34. The van der Waals surface area contributed by atoms with Gasteiger partial charge in [-0.1, -0.05) is 13.0 Å². The minimum atomic E-state index is -0.148. The second kappa shape index (κ2) is 6.88. The smallest absolute Gasteiger partial charge is 0.276 e. The largest absolute Gasteiger partial charge is 0.371 e. The van der Waals surface area contributed by atoms with E-state index in [0.717, 1.165) is 48.9 Å². The predicted molar refractivity (Wildman–Crippen MR) is 99.0 cm³/mol. The van der Waals surface area contributed by atoms with Gasteiger partial charge in [0.05, 0.1) is 0 Å². The first-order valence-electron chi connectivity index (χ1n) is 9.14. The van der Waals surface area contributed by atoms with Crippen molar-refractivity contribution in [3.05, 3.63) is 41.2 Å². The number of aromatic nitrogens is 2. The highest BCUT2D eigenvalue weighted by molar-refractivity contribution is 6.04. The summed E-state index contributed by atoms with van der Waals surface area (Å²) in [5.41, 5.74) is 4.56. The van der Waals surface area contributed by atoms with Gasteiger partial charge >= 0.3 is 0 Å². The molecule has 4 rings (SSSR count). The third-order valence-electron chi connectivity index (χ3n) is 5.27. The zero-order valence-electron chi connectivity index (χ0n) is 14.6. The average molecular weight is 339 g/mol. The van der Waals surface area contributed by atoms with E-state index in [1.165, 1.54) is 18.5 Å². The van der Waals surface area contributed by atoms with Gasteiger partial charge in [0.2, 0.25) is 0 Å². The summed E-state index contributed by atoms with van der Waals surface area (Å²) in [6, 6.07) is 8.12. The number of rotatable bonds is 3. The molecule has 1 amide bonds. The maximum absolute atomic E-state index is 12.6. The van der Waals surface area contributed by atoms with Crippen molar-refractivity contribution in [1.29, 1.82) is 0 Å². The summed E-state index contributed by atoms with van der Waals surface area (Å²) in [4.78, 5) is 15.0. The second-order valence-electron chi connectivity index (χ2n) is 7.13. The molecule has 1 saturated heterocycles. The highest BCUT2D eigenvalue weighted by Gasteiger charge is 2.22. The quantitative estimate of drug-likeness (QED) is 0.803. The molecular formula is C19H25N5O. The van der Waals surface area contributed by atoms with E-state index in [0.29, 0.717) is 12.2 Å². The molecule has 1 aromatic heterocycles. The highest BCUT2D eigenvalue weighted by atomic mass is 16.1. The molecule has 3 heterocycles. The van der Waals surface area contributed by atoms with Crippen LogP contribution in [-0.4, -0.2) is 35.7 Å². The predicted octanol–water partition coefficient (Wildman–Crippen LogP) is 2.54. The molecule has 2 aliphatic rings. The lowest BCUT2D eigenvalue weighted by atomic mass is 9.99. The van der Waals surface area contributed by atoms with Crippen LogP contribution in [0.3, 0.4) is 0 Å². The maximum Gasteiger partial charge on any atom is 0.276 e. The van der Waals surface area contributed by atoms with E-state index in [-0.39, 0.29) is 5.91 Å². The molecule has 0 unspecified atom stereocenters. The van der Waals surface area contributed by atoms with Crippen molar-refractivity contribution >= 4 is 17.3 Å². The molecule has 0 bridgehead atoms. The molecule has 0 aliphatic carbocycles. The zero-order chi connectivity index (χ0) is 17.2. The minimum absolute atomic E-state index is 0.148. The molecule has 0 atom stereocenters. The Bertz CT molecular complexity index is 761. The lowest BCUT2D eigenvalue weighted by Crippen LogP contribution is -2.32. The Balaban J connectivity index is 1.48. The average Bonchev–Trinajstić information content (AvgIpc) is 3.07. The number of carbonyl (C=O) groups is 1. The number of anilines is 2. The van der Waals surface area contributed by atoms with Crippen molar-refractivity contribution in [1.82, 2.24) is 15.5 Å². The van der Waals surface area contributed by atoms with Gasteiger partial charge in [0.25, 0.3) is 5.91 Å². The van der Waals surface area contributed by atoms with E-state index >= 15 is 0 Å². The van der Waals surface area contributed by atoms with Gasteiger partial charge in [0.1, 0.15) is 0 Å². The van der Waals surface area contributed by atoms with E-state index < -0.39 is 0 Å². The lowest BCUT2D eigenvalue weighted by Gasteiger charge is -2.32. The fourth-order valence-electron chi connectivity index (χ4n) is 3.65. The van der Waals surface area contributed by atoms with Gasteiger partial charge in [-0.25, -0.2) is 0 Å². The summed E-state index contributed by atoms with van der Waals surface area (Å²) in [7, 11) is 0. The number of piperidine rings is 1. The first kappa shape index (κ1) is 16.1. The van der Waals surface area contributed by atoms with Crippen LogP contribution in [0.1, 0.15) is 41.5 Å². The van der Waals surface area contributed by atoms with Crippen LogP contribution < -0.4 is 15.5 Å². The van der Waals surface area contributed by atoms with E-state index in [1.54, 1.807) is 0 Å². The van der Waals surface area contributed by atoms with Gasteiger partial charge in [-0.15, -0.1) is 0 Å². The van der Waals surface area contributed by atoms with E-state index in [9.17, 15) is 4.79 Å². The van der Waals surface area contributed by atoms with Crippen molar-refractivity contribution in [3.63, 3.8) is 0 Å². The number of fused-ring (bicyclic) bond motifs is 1. The molecule has 6 heteroatoms.